The molecule has 0 aromatic rings. The first-order valence-electron chi connectivity index (χ1n) is 3.86. The number of hydrogen-bond acceptors (Lipinski definition) is 2. The molecule has 0 radical (unpaired) electrons. The summed E-state index contributed by atoms with van der Waals surface area (Å²) in [6.45, 7) is 6.37. The predicted octanol–water partition coefficient (Wildman–Crippen LogP) is 2.20. The molecular weight excluding hydrogens is 274 g/mol. The molecule has 0 unspecified atom stereocenters. The van der Waals surface area contributed by atoms with Crippen LogP contribution in [-0.4, -0.2) is 22.3 Å². The topological polar surface area (TPSA) is 20.3 Å². The van der Waals surface area contributed by atoms with Crippen LogP contribution < -0.4 is 0 Å². The van der Waals surface area contributed by atoms with E-state index in [1.54, 1.807) is 0 Å². The van der Waals surface area contributed by atoms with Crippen molar-refractivity contribution >= 4 is 29.2 Å². The maximum atomic E-state index is 8.26. The second-order valence-electron chi connectivity index (χ2n) is 2.27. The Morgan fingerprint density at radius 1 is 1.33 bits per heavy atom. The van der Waals surface area contributed by atoms with Crippen molar-refractivity contribution in [2.75, 3.05) is 13.1 Å². The van der Waals surface area contributed by atoms with Gasteiger partial charge >= 0.3 is 23.2 Å². The molecule has 0 rings (SSSR count). The Labute approximate surface area is 96.7 Å². The molecule has 12 heavy (non-hydrogen) atoms. The molecule has 0 aliphatic heterocycles. The fourth-order valence-corrected chi connectivity index (χ4v) is 1.23. The second kappa shape index (κ2) is 11.7. The second-order valence-corrected chi connectivity index (χ2v) is 3.38. The van der Waals surface area contributed by atoms with E-state index in [1.807, 2.05) is 0 Å². The van der Waals surface area contributed by atoms with Crippen molar-refractivity contribution in [1.29, 1.82) is 0 Å². The molecule has 0 aromatic carbocycles. The zero-order valence-electron chi connectivity index (χ0n) is 7.45. The molecule has 72 valence electrons. The van der Waals surface area contributed by atoms with E-state index >= 15 is 0 Å². The molecular formula is C7H15MoNOS2. The molecule has 5 heteroatoms. The molecule has 0 aliphatic rings. The van der Waals surface area contributed by atoms with Gasteiger partial charge in [-0.3, -0.25) is 0 Å². The van der Waals surface area contributed by atoms with Crippen LogP contribution in [0.3, 0.4) is 0 Å². The van der Waals surface area contributed by atoms with Gasteiger partial charge in [0.15, 0.2) is 0 Å². The molecule has 0 saturated heterocycles. The first-order chi connectivity index (χ1) is 5.72. The van der Waals surface area contributed by atoms with Crippen molar-refractivity contribution in [3.05, 3.63) is 0 Å². The molecule has 0 amide bonds. The average Bonchev–Trinajstić information content (AvgIpc) is 2.08. The van der Waals surface area contributed by atoms with E-state index in [2.05, 4.69) is 31.4 Å². The fourth-order valence-electron chi connectivity index (χ4n) is 0.843. The number of thiol groups is 1. The first-order valence-corrected chi connectivity index (χ1v) is 5.54. The molecule has 0 heterocycles. The molecule has 0 fully saturated rings. The third kappa shape index (κ3) is 8.82. The molecule has 0 N–H and O–H groups in total. The Morgan fingerprint density at radius 2 is 1.67 bits per heavy atom. The van der Waals surface area contributed by atoms with Gasteiger partial charge in [0.1, 0.15) is 4.32 Å². The van der Waals surface area contributed by atoms with Crippen molar-refractivity contribution in [2.45, 2.75) is 26.7 Å². The zero-order chi connectivity index (χ0) is 9.98. The maximum absolute atomic E-state index is 8.26. The fraction of sp³-hybridized carbons (Fsp3) is 0.857. The summed E-state index contributed by atoms with van der Waals surface area (Å²) in [4.78, 5) is 2.12. The van der Waals surface area contributed by atoms with E-state index in [9.17, 15) is 0 Å². The Bertz CT molecular complexity index is 118. The van der Waals surface area contributed by atoms with Crippen LogP contribution in [-0.2, 0) is 23.2 Å². The van der Waals surface area contributed by atoms with Crippen molar-refractivity contribution in [2.24, 2.45) is 0 Å². The quantitative estimate of drug-likeness (QED) is 0.487. The predicted molar refractivity (Wildman–Crippen MR) is 54.4 cm³/mol. The van der Waals surface area contributed by atoms with E-state index in [-0.39, 0.29) is 0 Å². The molecule has 0 atom stereocenters. The van der Waals surface area contributed by atoms with Gasteiger partial charge < -0.3 is 4.90 Å². The molecule has 0 spiro atoms. The summed E-state index contributed by atoms with van der Waals surface area (Å²) in [6, 6.07) is 0. The minimum atomic E-state index is 0.700. The van der Waals surface area contributed by atoms with Crippen LogP contribution in [0.2, 0.25) is 0 Å². The summed E-state index contributed by atoms with van der Waals surface area (Å²) < 4.78 is 8.99. The van der Waals surface area contributed by atoms with Gasteiger partial charge in [-0.2, -0.15) is 0 Å². The number of nitrogens with zero attached hydrogens (tertiary/aromatic N) is 1. The number of thiocarbonyl (C=S) groups is 1. The third-order valence-electron chi connectivity index (χ3n) is 1.26. The summed E-state index contributed by atoms with van der Waals surface area (Å²) in [5.41, 5.74) is 0. The Balaban J connectivity index is 0. The van der Waals surface area contributed by atoms with Gasteiger partial charge in [-0.05, 0) is 12.8 Å². The summed E-state index contributed by atoms with van der Waals surface area (Å²) in [6.07, 6.45) is 2.28. The monoisotopic (exact) mass is 291 g/mol. The van der Waals surface area contributed by atoms with Crippen LogP contribution in [0.1, 0.15) is 26.7 Å². The van der Waals surface area contributed by atoms with E-state index in [0.717, 1.165) is 30.3 Å². The molecule has 0 bridgehead atoms. The van der Waals surface area contributed by atoms with Crippen LogP contribution >= 0.6 is 24.8 Å². The molecule has 0 aliphatic carbocycles. The van der Waals surface area contributed by atoms with Gasteiger partial charge in [-0.15, -0.1) is 12.6 Å². The van der Waals surface area contributed by atoms with Crippen molar-refractivity contribution in [3.8, 4) is 0 Å². The van der Waals surface area contributed by atoms with Crippen LogP contribution in [0.25, 0.3) is 0 Å². The molecule has 0 saturated carbocycles. The summed E-state index contributed by atoms with van der Waals surface area (Å²) in [5.74, 6) is 0. The van der Waals surface area contributed by atoms with Gasteiger partial charge in [0, 0.05) is 13.1 Å². The SMILES string of the molecule is CCCN(CCC)C(=S)S.[O]=[Mo]. The Morgan fingerprint density at radius 3 is 1.83 bits per heavy atom. The number of hydrogen-bond donors (Lipinski definition) is 1. The van der Waals surface area contributed by atoms with Crippen molar-refractivity contribution < 1.29 is 23.2 Å². The summed E-state index contributed by atoms with van der Waals surface area (Å²) >= 11 is 9.76. The average molecular weight is 289 g/mol. The minimum absolute atomic E-state index is 0.700. The van der Waals surface area contributed by atoms with Gasteiger partial charge in [-0.1, -0.05) is 26.1 Å². The molecule has 2 nitrogen and oxygen atoms in total. The summed E-state index contributed by atoms with van der Waals surface area (Å²) in [5, 5.41) is 0. The Kier molecular flexibility index (Phi) is 14.9. The van der Waals surface area contributed by atoms with Crippen LogP contribution in [0, 0.1) is 0 Å². The van der Waals surface area contributed by atoms with Gasteiger partial charge in [0.25, 0.3) is 0 Å². The Hall–Kier alpha value is 0.728. The first kappa shape index (κ1) is 15.2. The molecule has 0 aromatic heterocycles. The van der Waals surface area contributed by atoms with Crippen LogP contribution in [0.4, 0.5) is 0 Å². The standard InChI is InChI=1S/C7H15NS2.Mo.O/c1-3-5-8(6-4-2)7(9)10;;/h3-6H2,1-2H3,(H,9,10);;. The van der Waals surface area contributed by atoms with E-state index < -0.39 is 0 Å². The van der Waals surface area contributed by atoms with Crippen molar-refractivity contribution in [1.82, 2.24) is 4.90 Å². The zero-order valence-corrected chi connectivity index (χ0v) is 11.2. The van der Waals surface area contributed by atoms with Crippen LogP contribution in [0.15, 0.2) is 0 Å². The van der Waals surface area contributed by atoms with Gasteiger partial charge in [-0.25, -0.2) is 0 Å². The van der Waals surface area contributed by atoms with E-state index in [4.69, 9.17) is 15.6 Å². The van der Waals surface area contributed by atoms with Crippen molar-refractivity contribution in [3.63, 3.8) is 0 Å². The van der Waals surface area contributed by atoms with Crippen LogP contribution in [0.5, 0.6) is 0 Å². The number of rotatable bonds is 4. The van der Waals surface area contributed by atoms with E-state index in [0.29, 0.717) is 19.8 Å². The van der Waals surface area contributed by atoms with Gasteiger partial charge in [0.2, 0.25) is 0 Å². The summed E-state index contributed by atoms with van der Waals surface area (Å²) in [7, 11) is 0. The van der Waals surface area contributed by atoms with Gasteiger partial charge in [0.05, 0.1) is 0 Å². The third-order valence-corrected chi connectivity index (χ3v) is 1.80. The van der Waals surface area contributed by atoms with E-state index in [1.165, 1.54) is 0 Å². The normalized spacial score (nSPS) is 8.25.